The van der Waals surface area contributed by atoms with Crippen LogP contribution < -0.4 is 4.74 Å². The first-order chi connectivity index (χ1) is 7.63. The average molecular weight is 301 g/mol. The summed E-state index contributed by atoms with van der Waals surface area (Å²) < 4.78 is 6.20. The Kier molecular flexibility index (Phi) is 3.60. The molecule has 1 aliphatic heterocycles. The molecule has 0 bridgehead atoms. The van der Waals surface area contributed by atoms with Gasteiger partial charge in [0.2, 0.25) is 0 Å². The number of carbonyl (C=O) groups is 1. The molecule has 16 heavy (non-hydrogen) atoms. The SMILES string of the molecule is COc1ccc(Br)c2c1CSC(C)CC2=O. The fraction of sp³-hybridized carbons (Fsp3) is 0.417. The van der Waals surface area contributed by atoms with Crippen molar-refractivity contribution in [3.05, 3.63) is 27.7 Å². The summed E-state index contributed by atoms with van der Waals surface area (Å²) in [6.45, 7) is 2.09. The number of benzene rings is 1. The summed E-state index contributed by atoms with van der Waals surface area (Å²) in [5, 5.41) is 0.372. The van der Waals surface area contributed by atoms with Crippen molar-refractivity contribution in [1.29, 1.82) is 0 Å². The average Bonchev–Trinajstić information content (AvgIpc) is 2.39. The Morgan fingerprint density at radius 1 is 1.50 bits per heavy atom. The standard InChI is InChI=1S/C12H13BrO2S/c1-7-5-10(14)12-8(6-16-7)11(15-2)4-3-9(12)13/h3-4,7H,5-6H2,1-2H3. The molecule has 0 fully saturated rings. The van der Waals surface area contributed by atoms with E-state index in [1.54, 1.807) is 18.9 Å². The summed E-state index contributed by atoms with van der Waals surface area (Å²) in [6.07, 6.45) is 0.601. The van der Waals surface area contributed by atoms with Gasteiger partial charge < -0.3 is 4.74 Å². The van der Waals surface area contributed by atoms with Gasteiger partial charge in [-0.25, -0.2) is 0 Å². The van der Waals surface area contributed by atoms with E-state index in [1.807, 2.05) is 12.1 Å². The largest absolute Gasteiger partial charge is 0.496 e. The Morgan fingerprint density at radius 2 is 2.25 bits per heavy atom. The summed E-state index contributed by atoms with van der Waals surface area (Å²) in [7, 11) is 1.65. The summed E-state index contributed by atoms with van der Waals surface area (Å²) in [4.78, 5) is 12.1. The molecule has 0 saturated heterocycles. The number of Topliss-reactive ketones (excluding diaryl/α,β-unsaturated/α-hetero) is 1. The van der Waals surface area contributed by atoms with E-state index in [0.29, 0.717) is 11.7 Å². The quantitative estimate of drug-likeness (QED) is 0.792. The first-order valence-electron chi connectivity index (χ1n) is 5.13. The molecule has 0 aromatic heterocycles. The van der Waals surface area contributed by atoms with Crippen LogP contribution in [-0.4, -0.2) is 18.1 Å². The van der Waals surface area contributed by atoms with E-state index in [2.05, 4.69) is 22.9 Å². The normalized spacial score (nSPS) is 20.2. The molecule has 0 aliphatic carbocycles. The van der Waals surface area contributed by atoms with Gasteiger partial charge in [0.15, 0.2) is 5.78 Å². The van der Waals surface area contributed by atoms with E-state index >= 15 is 0 Å². The maximum absolute atomic E-state index is 12.1. The van der Waals surface area contributed by atoms with Gasteiger partial charge >= 0.3 is 0 Å². The Balaban J connectivity index is 2.57. The lowest BCUT2D eigenvalue weighted by atomic mass is 10.0. The zero-order chi connectivity index (χ0) is 11.7. The first-order valence-corrected chi connectivity index (χ1v) is 6.97. The van der Waals surface area contributed by atoms with Crippen LogP contribution in [-0.2, 0) is 5.75 Å². The molecule has 1 atom stereocenters. The Morgan fingerprint density at radius 3 is 2.94 bits per heavy atom. The Hall–Kier alpha value is -0.480. The predicted octanol–water partition coefficient (Wildman–Crippen LogP) is 3.67. The maximum atomic E-state index is 12.1. The van der Waals surface area contributed by atoms with Gasteiger partial charge in [0.25, 0.3) is 0 Å². The van der Waals surface area contributed by atoms with E-state index in [-0.39, 0.29) is 5.78 Å². The maximum Gasteiger partial charge on any atom is 0.165 e. The van der Waals surface area contributed by atoms with Crippen LogP contribution in [0.2, 0.25) is 0 Å². The van der Waals surface area contributed by atoms with Crippen molar-refractivity contribution in [2.24, 2.45) is 0 Å². The van der Waals surface area contributed by atoms with Gasteiger partial charge in [0.1, 0.15) is 5.75 Å². The summed E-state index contributed by atoms with van der Waals surface area (Å²) in [5.74, 6) is 1.86. The minimum absolute atomic E-state index is 0.207. The second-order valence-electron chi connectivity index (χ2n) is 3.85. The molecule has 4 heteroatoms. The number of carbonyl (C=O) groups excluding carboxylic acids is 1. The summed E-state index contributed by atoms with van der Waals surface area (Å²) >= 11 is 5.26. The minimum Gasteiger partial charge on any atom is -0.496 e. The molecule has 1 aromatic rings. The van der Waals surface area contributed by atoms with Crippen LogP contribution in [0.4, 0.5) is 0 Å². The van der Waals surface area contributed by atoms with E-state index < -0.39 is 0 Å². The van der Waals surface area contributed by atoms with Crippen molar-refractivity contribution in [2.45, 2.75) is 24.3 Å². The fourth-order valence-corrected chi connectivity index (χ4v) is 3.48. The number of rotatable bonds is 1. The van der Waals surface area contributed by atoms with Crippen LogP contribution in [0, 0.1) is 0 Å². The van der Waals surface area contributed by atoms with Gasteiger partial charge in [-0.1, -0.05) is 22.9 Å². The number of fused-ring (bicyclic) bond motifs is 1. The highest BCUT2D eigenvalue weighted by molar-refractivity contribution is 9.10. The molecule has 1 aliphatic rings. The lowest BCUT2D eigenvalue weighted by Gasteiger charge is -2.11. The van der Waals surface area contributed by atoms with Gasteiger partial charge in [-0.3, -0.25) is 4.79 Å². The van der Waals surface area contributed by atoms with Gasteiger partial charge in [-0.2, -0.15) is 11.8 Å². The van der Waals surface area contributed by atoms with Crippen LogP contribution in [0.1, 0.15) is 29.3 Å². The van der Waals surface area contributed by atoms with Gasteiger partial charge in [0, 0.05) is 33.0 Å². The van der Waals surface area contributed by atoms with Gasteiger partial charge in [-0.05, 0) is 12.1 Å². The lowest BCUT2D eigenvalue weighted by Crippen LogP contribution is -2.06. The Bertz CT molecular complexity index is 431. The van der Waals surface area contributed by atoms with Crippen molar-refractivity contribution < 1.29 is 9.53 Å². The highest BCUT2D eigenvalue weighted by atomic mass is 79.9. The number of ketones is 1. The highest BCUT2D eigenvalue weighted by Crippen LogP contribution is 2.37. The highest BCUT2D eigenvalue weighted by Gasteiger charge is 2.24. The van der Waals surface area contributed by atoms with Crippen molar-refractivity contribution in [1.82, 2.24) is 0 Å². The number of thioether (sulfide) groups is 1. The zero-order valence-corrected chi connectivity index (χ0v) is 11.7. The second kappa shape index (κ2) is 4.80. The van der Waals surface area contributed by atoms with Gasteiger partial charge in [-0.15, -0.1) is 0 Å². The van der Waals surface area contributed by atoms with Crippen molar-refractivity contribution >= 4 is 33.5 Å². The molecule has 0 spiro atoms. The van der Waals surface area contributed by atoms with Gasteiger partial charge in [0.05, 0.1) is 7.11 Å². The molecule has 1 heterocycles. The van der Waals surface area contributed by atoms with E-state index in [9.17, 15) is 4.79 Å². The predicted molar refractivity (Wildman–Crippen MR) is 70.4 cm³/mol. The molecule has 0 radical (unpaired) electrons. The molecule has 2 rings (SSSR count). The lowest BCUT2D eigenvalue weighted by molar-refractivity contribution is 0.0982. The van der Waals surface area contributed by atoms with Crippen LogP contribution in [0.15, 0.2) is 16.6 Å². The molecule has 0 N–H and O–H groups in total. The molecule has 0 amide bonds. The van der Waals surface area contributed by atoms with Crippen LogP contribution in [0.25, 0.3) is 0 Å². The van der Waals surface area contributed by atoms with Crippen molar-refractivity contribution in [2.75, 3.05) is 7.11 Å². The summed E-state index contributed by atoms with van der Waals surface area (Å²) in [5.41, 5.74) is 1.83. The number of hydrogen-bond acceptors (Lipinski definition) is 3. The fourth-order valence-electron chi connectivity index (χ4n) is 1.88. The molecular formula is C12H13BrO2S. The van der Waals surface area contributed by atoms with E-state index in [0.717, 1.165) is 27.1 Å². The number of halogens is 1. The van der Waals surface area contributed by atoms with Crippen molar-refractivity contribution in [3.63, 3.8) is 0 Å². The molecule has 0 saturated carbocycles. The molecule has 1 unspecified atom stereocenters. The second-order valence-corrected chi connectivity index (χ2v) is 6.13. The minimum atomic E-state index is 0.207. The molecule has 86 valence electrons. The first kappa shape index (κ1) is 12.0. The smallest absolute Gasteiger partial charge is 0.165 e. The van der Waals surface area contributed by atoms with E-state index in [4.69, 9.17) is 4.74 Å². The Labute approximate surface area is 108 Å². The third-order valence-electron chi connectivity index (χ3n) is 2.70. The molecule has 2 nitrogen and oxygen atoms in total. The topological polar surface area (TPSA) is 26.3 Å². The van der Waals surface area contributed by atoms with Crippen LogP contribution in [0.5, 0.6) is 5.75 Å². The van der Waals surface area contributed by atoms with Crippen LogP contribution >= 0.6 is 27.7 Å². The third kappa shape index (κ3) is 2.13. The van der Waals surface area contributed by atoms with E-state index in [1.165, 1.54) is 0 Å². The number of hydrogen-bond donors (Lipinski definition) is 0. The molecular weight excluding hydrogens is 288 g/mol. The number of ether oxygens (including phenoxy) is 1. The summed E-state index contributed by atoms with van der Waals surface area (Å²) in [6, 6.07) is 3.79. The van der Waals surface area contributed by atoms with Crippen LogP contribution in [0.3, 0.4) is 0 Å². The molecule has 1 aromatic carbocycles. The van der Waals surface area contributed by atoms with Crippen molar-refractivity contribution in [3.8, 4) is 5.75 Å². The zero-order valence-electron chi connectivity index (χ0n) is 9.25. The number of methoxy groups -OCH3 is 1. The monoisotopic (exact) mass is 300 g/mol. The third-order valence-corrected chi connectivity index (χ3v) is 4.55.